The van der Waals surface area contributed by atoms with E-state index < -0.39 is 36.2 Å². The quantitative estimate of drug-likeness (QED) is 0.593. The Kier molecular flexibility index (Phi) is 5.06. The van der Waals surface area contributed by atoms with Crippen LogP contribution in [0.1, 0.15) is 34.8 Å². The number of aromatic nitrogens is 5. The summed E-state index contributed by atoms with van der Waals surface area (Å²) >= 11 is 0.891. The van der Waals surface area contributed by atoms with Crippen LogP contribution in [0.15, 0.2) is 12.3 Å². The van der Waals surface area contributed by atoms with Gasteiger partial charge < -0.3 is 5.32 Å². The van der Waals surface area contributed by atoms with Crippen molar-refractivity contribution in [2.75, 3.05) is 5.32 Å². The van der Waals surface area contributed by atoms with Crippen LogP contribution in [0.25, 0.3) is 5.00 Å². The van der Waals surface area contributed by atoms with Gasteiger partial charge in [-0.2, -0.15) is 36.5 Å². The van der Waals surface area contributed by atoms with Crippen LogP contribution in [-0.4, -0.2) is 30.5 Å². The summed E-state index contributed by atoms with van der Waals surface area (Å²) < 4.78 is 79.8. The summed E-state index contributed by atoms with van der Waals surface area (Å²) in [4.78, 5) is 16.5. The first-order chi connectivity index (χ1) is 14.4. The van der Waals surface area contributed by atoms with Crippen molar-refractivity contribution >= 4 is 22.4 Å². The molecule has 3 heterocycles. The fraction of sp³-hybridized carbons (Fsp3) is 0.412. The number of fused-ring (bicyclic) bond motifs is 1. The van der Waals surface area contributed by atoms with E-state index in [1.807, 2.05) is 0 Å². The molecule has 0 fully saturated rings. The summed E-state index contributed by atoms with van der Waals surface area (Å²) in [6.45, 7) is 1.10. The molecule has 0 bridgehead atoms. The molecular weight excluding hydrogens is 450 g/mol. The van der Waals surface area contributed by atoms with Crippen LogP contribution in [0.3, 0.4) is 0 Å². The number of amides is 1. The average Bonchev–Trinajstić information content (AvgIpc) is 3.38. The Bertz CT molecular complexity index is 1140. The zero-order valence-corrected chi connectivity index (χ0v) is 16.6. The first kappa shape index (κ1) is 21.3. The van der Waals surface area contributed by atoms with E-state index in [0.29, 0.717) is 24.2 Å². The van der Waals surface area contributed by atoms with Crippen molar-refractivity contribution in [2.24, 2.45) is 0 Å². The molecule has 0 unspecified atom stereocenters. The lowest BCUT2D eigenvalue weighted by molar-refractivity contribution is -0.142. The maximum absolute atomic E-state index is 13.2. The van der Waals surface area contributed by atoms with E-state index in [1.54, 1.807) is 0 Å². The van der Waals surface area contributed by atoms with Crippen LogP contribution in [-0.2, 0) is 36.5 Å². The number of anilines is 1. The minimum atomic E-state index is -4.60. The SMILES string of the molecule is Cc1nc(NC(=O)Cn2nc(C(F)(F)F)c3c2CCC3)sc1-n1ccc(C(F)(F)F)n1. The first-order valence-corrected chi connectivity index (χ1v) is 9.81. The fourth-order valence-electron chi connectivity index (χ4n) is 3.41. The Morgan fingerprint density at radius 1 is 1.16 bits per heavy atom. The highest BCUT2D eigenvalue weighted by Crippen LogP contribution is 2.36. The zero-order chi connectivity index (χ0) is 22.6. The van der Waals surface area contributed by atoms with Crippen LogP contribution in [0.2, 0.25) is 0 Å². The summed E-state index contributed by atoms with van der Waals surface area (Å²) in [6.07, 6.45) is -6.87. The fourth-order valence-corrected chi connectivity index (χ4v) is 4.32. The maximum atomic E-state index is 13.2. The summed E-state index contributed by atoms with van der Waals surface area (Å²) in [5.74, 6) is -0.650. The van der Waals surface area contributed by atoms with E-state index in [9.17, 15) is 31.1 Å². The molecule has 1 N–H and O–H groups in total. The molecule has 166 valence electrons. The van der Waals surface area contributed by atoms with E-state index in [4.69, 9.17) is 0 Å². The summed E-state index contributed by atoms with van der Waals surface area (Å²) in [7, 11) is 0. The Hall–Kier alpha value is -2.90. The van der Waals surface area contributed by atoms with E-state index in [2.05, 4.69) is 20.5 Å². The van der Waals surface area contributed by atoms with Crippen LogP contribution in [0.4, 0.5) is 31.5 Å². The predicted octanol–water partition coefficient (Wildman–Crippen LogP) is 4.00. The number of hydrogen-bond acceptors (Lipinski definition) is 5. The number of carbonyl (C=O) groups excluding carboxylic acids is 1. The van der Waals surface area contributed by atoms with E-state index in [1.165, 1.54) is 6.92 Å². The monoisotopic (exact) mass is 464 g/mol. The Labute approximate surface area is 174 Å². The van der Waals surface area contributed by atoms with Gasteiger partial charge in [0.15, 0.2) is 16.5 Å². The van der Waals surface area contributed by atoms with Gasteiger partial charge in [0.05, 0.1) is 5.69 Å². The van der Waals surface area contributed by atoms with E-state index in [-0.39, 0.29) is 22.1 Å². The highest BCUT2D eigenvalue weighted by atomic mass is 32.1. The van der Waals surface area contributed by atoms with Crippen molar-refractivity contribution in [1.29, 1.82) is 0 Å². The first-order valence-electron chi connectivity index (χ1n) is 9.00. The van der Waals surface area contributed by atoms with Crippen molar-refractivity contribution in [3.63, 3.8) is 0 Å². The smallest absolute Gasteiger partial charge is 0.300 e. The third-order valence-electron chi connectivity index (χ3n) is 4.67. The van der Waals surface area contributed by atoms with Gasteiger partial charge in [-0.05, 0) is 32.3 Å². The molecular formula is C17H14F6N6OS. The molecule has 1 aliphatic carbocycles. The van der Waals surface area contributed by atoms with Crippen LogP contribution in [0, 0.1) is 6.92 Å². The number of nitrogens with zero attached hydrogens (tertiary/aromatic N) is 5. The molecule has 3 aromatic rings. The molecule has 0 saturated heterocycles. The minimum Gasteiger partial charge on any atom is -0.300 e. The molecule has 0 saturated carbocycles. The van der Waals surface area contributed by atoms with Crippen molar-refractivity contribution in [3.8, 4) is 5.00 Å². The summed E-state index contributed by atoms with van der Waals surface area (Å²) in [6, 6.07) is 0.813. The van der Waals surface area contributed by atoms with Gasteiger partial charge in [-0.3, -0.25) is 9.48 Å². The molecule has 14 heteroatoms. The van der Waals surface area contributed by atoms with Crippen LogP contribution >= 0.6 is 11.3 Å². The number of nitrogens with one attached hydrogen (secondary N) is 1. The van der Waals surface area contributed by atoms with Gasteiger partial charge in [-0.1, -0.05) is 11.3 Å². The molecule has 7 nitrogen and oxygen atoms in total. The normalized spacial score (nSPS) is 14.2. The van der Waals surface area contributed by atoms with E-state index >= 15 is 0 Å². The van der Waals surface area contributed by atoms with Gasteiger partial charge in [0.1, 0.15) is 11.5 Å². The van der Waals surface area contributed by atoms with E-state index in [0.717, 1.165) is 33.0 Å². The maximum Gasteiger partial charge on any atom is 0.435 e. The van der Waals surface area contributed by atoms with Gasteiger partial charge in [0.25, 0.3) is 0 Å². The van der Waals surface area contributed by atoms with Gasteiger partial charge in [0.2, 0.25) is 5.91 Å². The highest BCUT2D eigenvalue weighted by molar-refractivity contribution is 7.18. The predicted molar refractivity (Wildman–Crippen MR) is 96.9 cm³/mol. The molecule has 31 heavy (non-hydrogen) atoms. The number of halogens is 6. The van der Waals surface area contributed by atoms with Crippen LogP contribution in [0.5, 0.6) is 0 Å². The second-order valence-electron chi connectivity index (χ2n) is 6.88. The molecule has 0 atom stereocenters. The third kappa shape index (κ3) is 4.16. The number of hydrogen-bond donors (Lipinski definition) is 1. The van der Waals surface area contributed by atoms with Gasteiger partial charge in [0, 0.05) is 17.5 Å². The molecule has 1 aliphatic rings. The topological polar surface area (TPSA) is 77.6 Å². The average molecular weight is 464 g/mol. The van der Waals surface area contributed by atoms with Crippen molar-refractivity contribution in [3.05, 3.63) is 40.6 Å². The summed E-state index contributed by atoms with van der Waals surface area (Å²) in [5.41, 5.74) is -1.21. The number of rotatable bonds is 4. The Balaban J connectivity index is 1.51. The van der Waals surface area contributed by atoms with Crippen molar-refractivity contribution < 1.29 is 31.1 Å². The number of thiazole rings is 1. The van der Waals surface area contributed by atoms with Crippen LogP contribution < -0.4 is 5.32 Å². The zero-order valence-electron chi connectivity index (χ0n) is 15.8. The lowest BCUT2D eigenvalue weighted by atomic mass is 10.2. The second kappa shape index (κ2) is 7.35. The molecule has 4 rings (SSSR count). The lowest BCUT2D eigenvalue weighted by Gasteiger charge is -2.06. The number of carbonyl (C=O) groups is 1. The minimum absolute atomic E-state index is 0.0846. The van der Waals surface area contributed by atoms with Gasteiger partial charge >= 0.3 is 12.4 Å². The molecule has 3 aromatic heterocycles. The van der Waals surface area contributed by atoms with Crippen molar-refractivity contribution in [1.82, 2.24) is 24.5 Å². The molecule has 0 aliphatic heterocycles. The molecule has 0 aromatic carbocycles. The Morgan fingerprint density at radius 3 is 2.55 bits per heavy atom. The lowest BCUT2D eigenvalue weighted by Crippen LogP contribution is -2.21. The highest BCUT2D eigenvalue weighted by Gasteiger charge is 2.40. The summed E-state index contributed by atoms with van der Waals surface area (Å²) in [5, 5.41) is 9.85. The second-order valence-corrected chi connectivity index (χ2v) is 7.86. The van der Waals surface area contributed by atoms with Crippen molar-refractivity contribution in [2.45, 2.75) is 45.1 Å². The number of alkyl halides is 6. The molecule has 0 spiro atoms. The molecule has 0 radical (unpaired) electrons. The standard InChI is InChI=1S/C17H14F6N6OS/c1-8-14(28-6-5-11(26-28)16(18,19)20)31-15(24-8)25-12(30)7-29-10-4-2-3-9(10)13(27-29)17(21,22)23/h5-6H,2-4,7H2,1H3,(H,24,25,30). The molecule has 1 amide bonds. The van der Waals surface area contributed by atoms with Gasteiger partial charge in [-0.25, -0.2) is 9.67 Å². The largest absolute Gasteiger partial charge is 0.435 e. The third-order valence-corrected chi connectivity index (χ3v) is 5.74. The van der Waals surface area contributed by atoms with Gasteiger partial charge in [-0.15, -0.1) is 0 Å². The Morgan fingerprint density at radius 2 is 1.90 bits per heavy atom. The number of aryl methyl sites for hydroxylation is 1.